The first-order valence-corrected chi connectivity index (χ1v) is 14.5. The molecule has 6 rings (SSSR count). The molecule has 7 heteroatoms. The second-order valence-electron chi connectivity index (χ2n) is 11.4. The number of nitrogens with one attached hydrogen (secondary N) is 1. The molecule has 0 amide bonds. The van der Waals surface area contributed by atoms with Crippen LogP contribution >= 0.6 is 0 Å². The molecule has 3 N–H and O–H groups in total. The highest BCUT2D eigenvalue weighted by molar-refractivity contribution is 5.85. The van der Waals surface area contributed by atoms with Gasteiger partial charge in [0, 0.05) is 29.9 Å². The molecule has 0 spiro atoms. The first-order chi connectivity index (χ1) is 19.1. The number of hydrogen-bond donors (Lipinski definition) is 2. The molecule has 2 aromatic heterocycles. The first-order valence-electron chi connectivity index (χ1n) is 14.5. The van der Waals surface area contributed by atoms with E-state index in [0.29, 0.717) is 24.4 Å². The van der Waals surface area contributed by atoms with Crippen LogP contribution in [-0.2, 0) is 6.61 Å². The van der Waals surface area contributed by atoms with Crippen LogP contribution in [0.5, 0.6) is 5.75 Å². The van der Waals surface area contributed by atoms with Crippen LogP contribution in [0, 0.1) is 5.92 Å². The second-order valence-corrected chi connectivity index (χ2v) is 11.4. The Morgan fingerprint density at radius 3 is 2.56 bits per heavy atom. The van der Waals surface area contributed by atoms with E-state index in [1.165, 1.54) is 38.8 Å². The SMILES string of the molecule is CN1CCC(NCC2CCC(c3nc(-c4cccc(OCc5ccccc5)c4)c4c(N)nccn34)CC2)CC1. The summed E-state index contributed by atoms with van der Waals surface area (Å²) in [7, 11) is 2.22. The lowest BCUT2D eigenvalue weighted by Crippen LogP contribution is -2.42. The second kappa shape index (κ2) is 11.8. The average Bonchev–Trinajstić information content (AvgIpc) is 3.38. The number of imidazole rings is 1. The molecule has 1 aliphatic heterocycles. The van der Waals surface area contributed by atoms with Crippen molar-refractivity contribution in [2.45, 2.75) is 57.1 Å². The van der Waals surface area contributed by atoms with Gasteiger partial charge in [-0.05, 0) is 88.8 Å². The van der Waals surface area contributed by atoms with Crippen LogP contribution in [0.1, 0.15) is 55.8 Å². The number of likely N-dealkylation sites (tertiary alicyclic amines) is 1. The predicted octanol–water partition coefficient (Wildman–Crippen LogP) is 5.52. The topological polar surface area (TPSA) is 80.7 Å². The molecule has 1 saturated heterocycles. The molecule has 0 bridgehead atoms. The summed E-state index contributed by atoms with van der Waals surface area (Å²) in [6.45, 7) is 4.08. The molecule has 0 radical (unpaired) electrons. The zero-order valence-electron chi connectivity index (χ0n) is 22.9. The van der Waals surface area contributed by atoms with E-state index in [1.54, 1.807) is 6.20 Å². The van der Waals surface area contributed by atoms with Crippen molar-refractivity contribution in [3.05, 3.63) is 78.4 Å². The Kier molecular flexibility index (Phi) is 7.79. The molecule has 1 aliphatic carbocycles. The first kappa shape index (κ1) is 25.8. The number of nitrogen functional groups attached to an aromatic ring is 1. The quantitative estimate of drug-likeness (QED) is 0.316. The zero-order valence-corrected chi connectivity index (χ0v) is 22.9. The highest BCUT2D eigenvalue weighted by Crippen LogP contribution is 2.39. The van der Waals surface area contributed by atoms with E-state index >= 15 is 0 Å². The fourth-order valence-electron chi connectivity index (χ4n) is 6.22. The van der Waals surface area contributed by atoms with Gasteiger partial charge >= 0.3 is 0 Å². The van der Waals surface area contributed by atoms with Crippen LogP contribution in [0.4, 0.5) is 5.82 Å². The number of fused-ring (bicyclic) bond motifs is 1. The van der Waals surface area contributed by atoms with Crippen molar-refractivity contribution in [3.8, 4) is 17.0 Å². The fourth-order valence-corrected chi connectivity index (χ4v) is 6.22. The van der Waals surface area contributed by atoms with Crippen LogP contribution < -0.4 is 15.8 Å². The Labute approximate surface area is 231 Å². The van der Waals surface area contributed by atoms with Crippen molar-refractivity contribution in [2.75, 3.05) is 32.4 Å². The maximum Gasteiger partial charge on any atom is 0.150 e. The average molecular weight is 525 g/mol. The largest absolute Gasteiger partial charge is 0.489 e. The molecule has 3 heterocycles. The number of benzene rings is 2. The van der Waals surface area contributed by atoms with Crippen LogP contribution in [0.15, 0.2) is 67.0 Å². The summed E-state index contributed by atoms with van der Waals surface area (Å²) in [4.78, 5) is 12.1. The van der Waals surface area contributed by atoms with Gasteiger partial charge in [0.1, 0.15) is 35.2 Å². The Balaban J connectivity index is 1.16. The summed E-state index contributed by atoms with van der Waals surface area (Å²) >= 11 is 0. The lowest BCUT2D eigenvalue weighted by atomic mass is 9.81. The number of piperidine rings is 1. The Morgan fingerprint density at radius 1 is 0.974 bits per heavy atom. The standard InChI is InChI=1S/C32H40N6O/c1-37-17-14-27(15-18-37)35-21-23-10-12-25(13-11-23)32-36-29(30-31(33)34-16-19-38(30)32)26-8-5-9-28(20-26)39-22-24-6-3-2-4-7-24/h2-9,16,19-20,23,25,27,35H,10-15,17-18,21-22H2,1H3,(H2,33,34). The van der Waals surface area contributed by atoms with E-state index in [9.17, 15) is 0 Å². The normalized spacial score (nSPS) is 20.8. The summed E-state index contributed by atoms with van der Waals surface area (Å²) in [5.41, 5.74) is 10.3. The van der Waals surface area contributed by atoms with Crippen LogP contribution in [0.25, 0.3) is 16.8 Å². The Bertz CT molecular complexity index is 1370. The Morgan fingerprint density at radius 2 is 1.77 bits per heavy atom. The summed E-state index contributed by atoms with van der Waals surface area (Å²) in [6.07, 6.45) is 11.1. The van der Waals surface area contributed by atoms with E-state index in [-0.39, 0.29) is 0 Å². The third-order valence-electron chi connectivity index (χ3n) is 8.59. The Hall–Kier alpha value is -3.42. The number of nitrogens with zero attached hydrogens (tertiary/aromatic N) is 4. The molecule has 0 atom stereocenters. The van der Waals surface area contributed by atoms with Gasteiger partial charge < -0.3 is 20.7 Å². The predicted molar refractivity (Wildman–Crippen MR) is 157 cm³/mol. The molecule has 1 saturated carbocycles. The van der Waals surface area contributed by atoms with E-state index in [2.05, 4.69) is 50.9 Å². The number of anilines is 1. The van der Waals surface area contributed by atoms with Crippen molar-refractivity contribution >= 4 is 11.3 Å². The van der Waals surface area contributed by atoms with Crippen molar-refractivity contribution in [1.82, 2.24) is 24.6 Å². The minimum atomic E-state index is 0.421. The number of ether oxygens (including phenoxy) is 1. The van der Waals surface area contributed by atoms with Gasteiger partial charge in [-0.1, -0.05) is 42.5 Å². The minimum Gasteiger partial charge on any atom is -0.489 e. The highest BCUT2D eigenvalue weighted by atomic mass is 16.5. The smallest absolute Gasteiger partial charge is 0.150 e. The molecule has 4 aromatic rings. The lowest BCUT2D eigenvalue weighted by molar-refractivity contribution is 0.220. The molecule has 204 valence electrons. The van der Waals surface area contributed by atoms with Gasteiger partial charge in [-0.25, -0.2) is 9.97 Å². The number of hydrogen-bond acceptors (Lipinski definition) is 6. The van der Waals surface area contributed by atoms with Gasteiger partial charge in [-0.15, -0.1) is 0 Å². The lowest BCUT2D eigenvalue weighted by Gasteiger charge is -2.33. The molecular formula is C32H40N6O. The molecule has 2 fully saturated rings. The van der Waals surface area contributed by atoms with Crippen LogP contribution in [-0.4, -0.2) is 52.0 Å². The molecule has 2 aromatic carbocycles. The number of rotatable bonds is 8. The maximum atomic E-state index is 6.44. The zero-order chi connectivity index (χ0) is 26.6. The number of nitrogens with two attached hydrogens (primary N) is 1. The minimum absolute atomic E-state index is 0.421. The summed E-state index contributed by atoms with van der Waals surface area (Å²) in [5, 5.41) is 3.87. The van der Waals surface area contributed by atoms with Crippen LogP contribution in [0.3, 0.4) is 0 Å². The van der Waals surface area contributed by atoms with E-state index in [4.69, 9.17) is 15.5 Å². The van der Waals surface area contributed by atoms with Crippen molar-refractivity contribution in [2.24, 2.45) is 5.92 Å². The third-order valence-corrected chi connectivity index (χ3v) is 8.59. The fraction of sp³-hybridized carbons (Fsp3) is 0.438. The van der Waals surface area contributed by atoms with E-state index in [1.807, 2.05) is 36.5 Å². The molecule has 7 nitrogen and oxygen atoms in total. The van der Waals surface area contributed by atoms with Crippen molar-refractivity contribution in [3.63, 3.8) is 0 Å². The van der Waals surface area contributed by atoms with E-state index in [0.717, 1.165) is 59.2 Å². The molecule has 0 unspecified atom stereocenters. The van der Waals surface area contributed by atoms with Crippen molar-refractivity contribution in [1.29, 1.82) is 0 Å². The van der Waals surface area contributed by atoms with Gasteiger partial charge in [-0.2, -0.15) is 0 Å². The third kappa shape index (κ3) is 5.94. The van der Waals surface area contributed by atoms with E-state index < -0.39 is 0 Å². The van der Waals surface area contributed by atoms with Gasteiger partial charge in [0.2, 0.25) is 0 Å². The molecular weight excluding hydrogens is 484 g/mol. The van der Waals surface area contributed by atoms with Crippen molar-refractivity contribution < 1.29 is 4.74 Å². The molecule has 39 heavy (non-hydrogen) atoms. The highest BCUT2D eigenvalue weighted by Gasteiger charge is 2.28. The van der Waals surface area contributed by atoms with Gasteiger partial charge in [-0.3, -0.25) is 4.40 Å². The maximum absolute atomic E-state index is 6.44. The molecule has 2 aliphatic rings. The van der Waals surface area contributed by atoms with Gasteiger partial charge in [0.25, 0.3) is 0 Å². The van der Waals surface area contributed by atoms with Crippen LogP contribution in [0.2, 0.25) is 0 Å². The summed E-state index contributed by atoms with van der Waals surface area (Å²) in [6, 6.07) is 19.1. The summed E-state index contributed by atoms with van der Waals surface area (Å²) in [5.74, 6) is 3.60. The monoisotopic (exact) mass is 524 g/mol. The number of aromatic nitrogens is 3. The van der Waals surface area contributed by atoms with Gasteiger partial charge in [0.15, 0.2) is 0 Å². The van der Waals surface area contributed by atoms with Gasteiger partial charge in [0.05, 0.1) is 0 Å². The summed E-state index contributed by atoms with van der Waals surface area (Å²) < 4.78 is 8.29.